The van der Waals surface area contributed by atoms with E-state index in [0.29, 0.717) is 6.61 Å². The van der Waals surface area contributed by atoms with Gasteiger partial charge in [0.2, 0.25) is 0 Å². The highest BCUT2D eigenvalue weighted by Crippen LogP contribution is 1.90. The normalized spacial score (nSPS) is 10.9. The molecule has 0 aromatic heterocycles. The van der Waals surface area contributed by atoms with Gasteiger partial charge in [-0.3, -0.25) is 0 Å². The van der Waals surface area contributed by atoms with Crippen LogP contribution in [-0.4, -0.2) is 30.5 Å². The molecule has 0 aromatic rings. The molecule has 0 aromatic carbocycles. The molecule has 0 aliphatic rings. The van der Waals surface area contributed by atoms with Crippen molar-refractivity contribution >= 4 is 11.8 Å². The molecule has 0 atom stereocenters. The van der Waals surface area contributed by atoms with Crippen molar-refractivity contribution in [2.45, 2.75) is 0 Å². The van der Waals surface area contributed by atoms with Gasteiger partial charge in [-0.05, 0) is 6.26 Å². The number of aliphatic hydroxyl groups is 1. The molecule has 1 N–H and O–H groups in total. The van der Waals surface area contributed by atoms with Crippen LogP contribution < -0.4 is 0 Å². The van der Waals surface area contributed by atoms with Gasteiger partial charge in [-0.1, -0.05) is 12.2 Å². The van der Waals surface area contributed by atoms with Gasteiger partial charge in [0.05, 0.1) is 19.2 Å². The molecule has 0 heterocycles. The first kappa shape index (κ1) is 9.01. The summed E-state index contributed by atoms with van der Waals surface area (Å²) in [5, 5.41) is 8.28. The second-order valence-corrected chi connectivity index (χ2v) is 2.24. The molecule has 0 amide bonds. The molecule has 3 heteroatoms. The summed E-state index contributed by atoms with van der Waals surface area (Å²) in [6.45, 7) is 0.698. The van der Waals surface area contributed by atoms with E-state index >= 15 is 0 Å². The van der Waals surface area contributed by atoms with Gasteiger partial charge in [0.25, 0.3) is 0 Å². The van der Waals surface area contributed by atoms with Gasteiger partial charge in [0, 0.05) is 0 Å². The lowest BCUT2D eigenvalue weighted by Crippen LogP contribution is -1.88. The summed E-state index contributed by atoms with van der Waals surface area (Å²) in [7, 11) is 0. The smallest absolute Gasteiger partial charge is 0.0922 e. The fraction of sp³-hybridized carbons (Fsp3) is 0.667. The minimum Gasteiger partial charge on any atom is -0.392 e. The summed E-state index contributed by atoms with van der Waals surface area (Å²) >= 11 is 1.64. The van der Waals surface area contributed by atoms with Crippen LogP contribution in [0.3, 0.4) is 0 Å². The minimum atomic E-state index is 0.0998. The minimum absolute atomic E-state index is 0.0998. The molecule has 0 aliphatic heterocycles. The SMILES string of the molecule is CSCOC/C=C\CO. The van der Waals surface area contributed by atoms with Crippen LogP contribution in [0.1, 0.15) is 0 Å². The Kier molecular flexibility index (Phi) is 8.02. The third kappa shape index (κ3) is 8.01. The average molecular weight is 148 g/mol. The van der Waals surface area contributed by atoms with Crippen LogP contribution in [0.4, 0.5) is 0 Å². The topological polar surface area (TPSA) is 29.5 Å². The number of aliphatic hydroxyl groups excluding tert-OH is 1. The summed E-state index contributed by atoms with van der Waals surface area (Å²) < 4.78 is 5.05. The van der Waals surface area contributed by atoms with Gasteiger partial charge < -0.3 is 9.84 Å². The molecule has 0 radical (unpaired) electrons. The maximum Gasteiger partial charge on any atom is 0.0922 e. The molecule has 0 aliphatic carbocycles. The van der Waals surface area contributed by atoms with Gasteiger partial charge in [0.15, 0.2) is 0 Å². The summed E-state index contributed by atoms with van der Waals surface area (Å²) in [6, 6.07) is 0. The first-order chi connectivity index (χ1) is 4.41. The second kappa shape index (κ2) is 8.01. The van der Waals surface area contributed by atoms with Crippen molar-refractivity contribution < 1.29 is 9.84 Å². The quantitative estimate of drug-likeness (QED) is 0.356. The Morgan fingerprint density at radius 2 is 2.33 bits per heavy atom. The lowest BCUT2D eigenvalue weighted by atomic mass is 10.5. The van der Waals surface area contributed by atoms with Crippen molar-refractivity contribution in [3.8, 4) is 0 Å². The predicted molar refractivity (Wildman–Crippen MR) is 40.6 cm³/mol. The lowest BCUT2D eigenvalue weighted by molar-refractivity contribution is 0.216. The summed E-state index contributed by atoms with van der Waals surface area (Å²) in [4.78, 5) is 0. The van der Waals surface area contributed by atoms with E-state index in [1.54, 1.807) is 23.9 Å². The van der Waals surface area contributed by atoms with Gasteiger partial charge >= 0.3 is 0 Å². The van der Waals surface area contributed by atoms with Crippen LogP contribution in [0.5, 0.6) is 0 Å². The number of rotatable bonds is 5. The highest BCUT2D eigenvalue weighted by atomic mass is 32.2. The third-order valence-corrected chi connectivity index (χ3v) is 1.09. The van der Waals surface area contributed by atoms with E-state index in [4.69, 9.17) is 9.84 Å². The standard InChI is InChI=1S/C6H12O2S/c1-9-6-8-5-3-2-4-7/h2-3,7H,4-6H2,1H3/b3-2-. The van der Waals surface area contributed by atoms with Gasteiger partial charge in [0.1, 0.15) is 0 Å². The van der Waals surface area contributed by atoms with Crippen LogP contribution >= 0.6 is 11.8 Å². The van der Waals surface area contributed by atoms with E-state index in [-0.39, 0.29) is 6.61 Å². The van der Waals surface area contributed by atoms with Crippen molar-refractivity contribution in [1.29, 1.82) is 0 Å². The highest BCUT2D eigenvalue weighted by molar-refractivity contribution is 7.98. The molecule has 0 unspecified atom stereocenters. The Labute approximate surface area is 59.9 Å². The fourth-order valence-electron chi connectivity index (χ4n) is 0.342. The number of ether oxygens (including phenoxy) is 1. The van der Waals surface area contributed by atoms with E-state index in [1.807, 2.05) is 6.26 Å². The maximum absolute atomic E-state index is 8.28. The summed E-state index contributed by atoms with van der Waals surface area (Å²) in [6.07, 6.45) is 5.45. The summed E-state index contributed by atoms with van der Waals surface area (Å²) in [5.41, 5.74) is 0. The molecule has 0 spiro atoms. The lowest BCUT2D eigenvalue weighted by Gasteiger charge is -1.94. The Bertz CT molecular complexity index is 73.5. The van der Waals surface area contributed by atoms with Crippen molar-refractivity contribution in [3.63, 3.8) is 0 Å². The number of thioether (sulfide) groups is 1. The molecule has 2 nitrogen and oxygen atoms in total. The van der Waals surface area contributed by atoms with Crippen LogP contribution in [0.15, 0.2) is 12.2 Å². The van der Waals surface area contributed by atoms with Crippen molar-refractivity contribution in [3.05, 3.63) is 12.2 Å². The van der Waals surface area contributed by atoms with E-state index < -0.39 is 0 Å². The molecule has 0 bridgehead atoms. The van der Waals surface area contributed by atoms with Crippen molar-refractivity contribution in [2.75, 3.05) is 25.4 Å². The molecule has 54 valence electrons. The monoisotopic (exact) mass is 148 g/mol. The zero-order chi connectivity index (χ0) is 6.95. The Morgan fingerprint density at radius 1 is 1.56 bits per heavy atom. The molecule has 0 saturated carbocycles. The first-order valence-corrected chi connectivity index (χ1v) is 4.13. The van der Waals surface area contributed by atoms with Crippen LogP contribution in [0.25, 0.3) is 0 Å². The molecule has 0 saturated heterocycles. The van der Waals surface area contributed by atoms with Crippen LogP contribution in [0.2, 0.25) is 0 Å². The maximum atomic E-state index is 8.28. The number of hydrogen-bond acceptors (Lipinski definition) is 3. The van der Waals surface area contributed by atoms with Crippen molar-refractivity contribution in [1.82, 2.24) is 0 Å². The first-order valence-electron chi connectivity index (χ1n) is 2.74. The Morgan fingerprint density at radius 3 is 2.89 bits per heavy atom. The van der Waals surface area contributed by atoms with Crippen molar-refractivity contribution in [2.24, 2.45) is 0 Å². The Hall–Kier alpha value is 0.01000. The van der Waals surface area contributed by atoms with E-state index in [0.717, 1.165) is 5.94 Å². The third-order valence-electron chi connectivity index (χ3n) is 0.687. The molecule has 0 rings (SSSR count). The van der Waals surface area contributed by atoms with E-state index in [9.17, 15) is 0 Å². The van der Waals surface area contributed by atoms with Gasteiger partial charge in [-0.2, -0.15) is 0 Å². The second-order valence-electron chi connectivity index (χ2n) is 1.43. The zero-order valence-corrected chi connectivity index (χ0v) is 6.36. The highest BCUT2D eigenvalue weighted by Gasteiger charge is 1.77. The Balaban J connectivity index is 2.82. The van der Waals surface area contributed by atoms with Crippen LogP contribution in [-0.2, 0) is 4.74 Å². The average Bonchev–Trinajstić information content (AvgIpc) is 1.89. The molecular weight excluding hydrogens is 136 g/mol. The largest absolute Gasteiger partial charge is 0.392 e. The van der Waals surface area contributed by atoms with E-state index in [2.05, 4.69) is 0 Å². The predicted octanol–water partition coefficient (Wildman–Crippen LogP) is 0.872. The molecular formula is C6H12O2S. The van der Waals surface area contributed by atoms with Crippen LogP contribution in [0, 0.1) is 0 Å². The van der Waals surface area contributed by atoms with Gasteiger partial charge in [-0.15, -0.1) is 11.8 Å². The number of hydrogen-bond donors (Lipinski definition) is 1. The van der Waals surface area contributed by atoms with E-state index in [1.165, 1.54) is 0 Å². The van der Waals surface area contributed by atoms with Gasteiger partial charge in [-0.25, -0.2) is 0 Å². The molecule has 9 heavy (non-hydrogen) atoms. The summed E-state index contributed by atoms with van der Waals surface area (Å²) in [5.74, 6) is 0.718. The zero-order valence-electron chi connectivity index (χ0n) is 5.54. The fourth-order valence-corrected chi connectivity index (χ4v) is 0.605. The molecule has 0 fully saturated rings.